The Bertz CT molecular complexity index is 470. The highest BCUT2D eigenvalue weighted by Gasteiger charge is 2.17. The van der Waals surface area contributed by atoms with Crippen LogP contribution in [0.2, 0.25) is 0 Å². The van der Waals surface area contributed by atoms with Gasteiger partial charge in [-0.15, -0.1) is 0 Å². The standard InChI is InChI=1S/C12H14ClIN2O2S/c1-7(15)10(11(14)19)16-12(17)18-6-8-4-2-3-5-9(8)13/h2-3,5,8H,4,6,15H2,1H3,(H,16,17). The molecule has 104 valence electrons. The highest BCUT2D eigenvalue weighted by Crippen LogP contribution is 2.23. The Kier molecular flexibility index (Phi) is 6.81. The third kappa shape index (κ3) is 5.50. The topological polar surface area (TPSA) is 64.3 Å². The second-order valence-electron chi connectivity index (χ2n) is 3.97. The zero-order valence-corrected chi connectivity index (χ0v) is 14.0. The van der Waals surface area contributed by atoms with Crippen molar-refractivity contribution in [3.63, 3.8) is 0 Å². The molecule has 0 bridgehead atoms. The maximum atomic E-state index is 11.6. The van der Waals surface area contributed by atoms with Crippen molar-refractivity contribution in [2.75, 3.05) is 6.61 Å². The van der Waals surface area contributed by atoms with Crippen LogP contribution in [0.1, 0.15) is 13.3 Å². The lowest BCUT2D eigenvalue weighted by atomic mass is 10.0. The summed E-state index contributed by atoms with van der Waals surface area (Å²) in [5, 5.41) is 3.22. The molecule has 1 aliphatic carbocycles. The van der Waals surface area contributed by atoms with E-state index in [2.05, 4.69) is 5.32 Å². The minimum Gasteiger partial charge on any atom is -0.449 e. The first-order valence-corrected chi connectivity index (χ1v) is 7.40. The molecule has 4 nitrogen and oxygen atoms in total. The van der Waals surface area contributed by atoms with Crippen LogP contribution in [0.5, 0.6) is 0 Å². The van der Waals surface area contributed by atoms with Crippen LogP contribution in [0.3, 0.4) is 0 Å². The fraction of sp³-hybridized carbons (Fsp3) is 0.333. The summed E-state index contributed by atoms with van der Waals surface area (Å²) in [7, 11) is 0. The first-order chi connectivity index (χ1) is 8.91. The Balaban J connectivity index is 2.49. The number of hydrogen-bond acceptors (Lipinski definition) is 4. The van der Waals surface area contributed by atoms with Gasteiger partial charge in [0.05, 0.1) is 5.70 Å². The number of allylic oxidation sites excluding steroid dienone is 5. The Morgan fingerprint density at radius 1 is 1.74 bits per heavy atom. The number of carbonyl (C=O) groups excluding carboxylic acids is 1. The van der Waals surface area contributed by atoms with Crippen LogP contribution in [-0.2, 0) is 4.74 Å². The molecular formula is C12H14ClIN2O2S. The summed E-state index contributed by atoms with van der Waals surface area (Å²) in [6.07, 6.45) is 5.83. The summed E-state index contributed by atoms with van der Waals surface area (Å²) in [5.74, 6) is 0.00960. The molecule has 0 saturated carbocycles. The lowest BCUT2D eigenvalue weighted by molar-refractivity contribution is 0.137. The molecule has 7 heteroatoms. The molecule has 0 aromatic carbocycles. The van der Waals surface area contributed by atoms with Gasteiger partial charge < -0.3 is 10.5 Å². The van der Waals surface area contributed by atoms with Gasteiger partial charge in [-0.3, -0.25) is 5.32 Å². The minimum atomic E-state index is -0.585. The zero-order valence-electron chi connectivity index (χ0n) is 10.3. The Hall–Kier alpha value is -0.600. The fourth-order valence-corrected chi connectivity index (χ4v) is 2.41. The molecule has 0 aromatic heterocycles. The maximum Gasteiger partial charge on any atom is 0.411 e. The number of halogens is 2. The lowest BCUT2D eigenvalue weighted by Crippen LogP contribution is -2.29. The van der Waals surface area contributed by atoms with Crippen LogP contribution < -0.4 is 11.1 Å². The number of ether oxygens (including phenoxy) is 1. The SMILES string of the molecule is CC(N)=C(NC(=O)OCC1CC=CC=C1Cl)C(=S)I. The molecule has 3 N–H and O–H groups in total. The van der Waals surface area contributed by atoms with E-state index in [1.807, 2.05) is 34.7 Å². The van der Waals surface area contributed by atoms with Crippen molar-refractivity contribution in [3.05, 3.63) is 34.7 Å². The molecule has 1 aliphatic rings. The number of carbonyl (C=O) groups is 1. The molecule has 19 heavy (non-hydrogen) atoms. The fourth-order valence-electron chi connectivity index (χ4n) is 1.42. The van der Waals surface area contributed by atoms with E-state index in [9.17, 15) is 4.79 Å². The summed E-state index contributed by atoms with van der Waals surface area (Å²) in [6.45, 7) is 1.88. The quantitative estimate of drug-likeness (QED) is 0.322. The van der Waals surface area contributed by atoms with Gasteiger partial charge in [-0.2, -0.15) is 0 Å². The summed E-state index contributed by atoms with van der Waals surface area (Å²) >= 11 is 12.9. The first kappa shape index (κ1) is 16.5. The molecule has 0 aliphatic heterocycles. The molecule has 0 aromatic rings. The van der Waals surface area contributed by atoms with E-state index in [-0.39, 0.29) is 12.5 Å². The highest BCUT2D eigenvalue weighted by atomic mass is 127. The molecular weight excluding hydrogens is 399 g/mol. The number of nitrogens with one attached hydrogen (secondary N) is 1. The summed E-state index contributed by atoms with van der Waals surface area (Å²) in [5.41, 5.74) is 6.47. The Labute approximate surface area is 136 Å². The van der Waals surface area contributed by atoms with Gasteiger partial charge in [0.1, 0.15) is 9.48 Å². The van der Waals surface area contributed by atoms with E-state index >= 15 is 0 Å². The Morgan fingerprint density at radius 3 is 2.95 bits per heavy atom. The predicted octanol–water partition coefficient (Wildman–Crippen LogP) is 3.36. The van der Waals surface area contributed by atoms with E-state index in [4.69, 9.17) is 34.3 Å². The summed E-state index contributed by atoms with van der Waals surface area (Å²) < 4.78 is 5.60. The van der Waals surface area contributed by atoms with Crippen molar-refractivity contribution in [1.29, 1.82) is 0 Å². The Morgan fingerprint density at radius 2 is 2.42 bits per heavy atom. The van der Waals surface area contributed by atoms with Crippen molar-refractivity contribution >= 4 is 55.4 Å². The van der Waals surface area contributed by atoms with E-state index in [1.165, 1.54) is 0 Å². The smallest absolute Gasteiger partial charge is 0.411 e. The van der Waals surface area contributed by atoms with Crippen LogP contribution in [0.15, 0.2) is 34.7 Å². The number of thiocarbonyl (C=S) groups is 1. The average Bonchev–Trinajstić information content (AvgIpc) is 2.34. The number of amides is 1. The second kappa shape index (κ2) is 7.86. The van der Waals surface area contributed by atoms with Gasteiger partial charge in [0.15, 0.2) is 0 Å². The molecule has 0 heterocycles. The molecule has 0 fully saturated rings. The third-order valence-corrected chi connectivity index (χ3v) is 3.61. The van der Waals surface area contributed by atoms with Gasteiger partial charge in [0.25, 0.3) is 0 Å². The van der Waals surface area contributed by atoms with Gasteiger partial charge >= 0.3 is 6.09 Å². The number of nitrogens with two attached hydrogens (primary N) is 1. The van der Waals surface area contributed by atoms with Crippen LogP contribution in [0.25, 0.3) is 0 Å². The molecule has 0 saturated heterocycles. The predicted molar refractivity (Wildman–Crippen MR) is 89.2 cm³/mol. The van der Waals surface area contributed by atoms with Gasteiger partial charge in [0, 0.05) is 16.6 Å². The first-order valence-electron chi connectivity index (χ1n) is 5.54. The second-order valence-corrected chi connectivity index (χ2v) is 6.62. The van der Waals surface area contributed by atoms with Crippen LogP contribution in [0.4, 0.5) is 4.79 Å². The van der Waals surface area contributed by atoms with Crippen molar-refractivity contribution in [3.8, 4) is 0 Å². The van der Waals surface area contributed by atoms with E-state index in [0.29, 0.717) is 19.3 Å². The number of alkyl carbamates (subject to hydrolysis) is 1. The van der Waals surface area contributed by atoms with Gasteiger partial charge in [0.2, 0.25) is 0 Å². The van der Waals surface area contributed by atoms with E-state index in [0.717, 1.165) is 6.42 Å². The molecule has 1 unspecified atom stereocenters. The normalized spacial score (nSPS) is 19.3. The zero-order chi connectivity index (χ0) is 14.4. The number of hydrogen-bond donors (Lipinski definition) is 2. The largest absolute Gasteiger partial charge is 0.449 e. The van der Waals surface area contributed by atoms with Crippen LogP contribution in [-0.4, -0.2) is 15.6 Å². The van der Waals surface area contributed by atoms with Crippen LogP contribution >= 0.6 is 46.4 Å². The molecule has 1 atom stereocenters. The third-order valence-electron chi connectivity index (χ3n) is 2.44. The van der Waals surface area contributed by atoms with Gasteiger partial charge in [-0.25, -0.2) is 4.79 Å². The molecule has 0 spiro atoms. The van der Waals surface area contributed by atoms with E-state index in [1.54, 1.807) is 13.0 Å². The average molecular weight is 413 g/mol. The summed E-state index contributed by atoms with van der Waals surface area (Å²) in [4.78, 5) is 11.6. The van der Waals surface area contributed by atoms with Crippen molar-refractivity contribution < 1.29 is 9.53 Å². The summed E-state index contributed by atoms with van der Waals surface area (Å²) in [6, 6.07) is 0. The number of rotatable bonds is 4. The molecule has 1 rings (SSSR count). The van der Waals surface area contributed by atoms with Gasteiger partial charge in [-0.05, 0) is 42.0 Å². The van der Waals surface area contributed by atoms with Crippen LogP contribution in [0, 0.1) is 5.92 Å². The lowest BCUT2D eigenvalue weighted by Gasteiger charge is -2.17. The van der Waals surface area contributed by atoms with Gasteiger partial charge in [-0.1, -0.05) is 36.0 Å². The minimum absolute atomic E-state index is 0.00960. The van der Waals surface area contributed by atoms with Crippen molar-refractivity contribution in [1.82, 2.24) is 5.32 Å². The van der Waals surface area contributed by atoms with E-state index < -0.39 is 6.09 Å². The molecule has 0 radical (unpaired) electrons. The highest BCUT2D eigenvalue weighted by molar-refractivity contribution is 14.1. The van der Waals surface area contributed by atoms with Crippen molar-refractivity contribution in [2.45, 2.75) is 13.3 Å². The maximum absolute atomic E-state index is 11.6. The molecule has 1 amide bonds. The monoisotopic (exact) mass is 412 g/mol. The van der Waals surface area contributed by atoms with Crippen molar-refractivity contribution in [2.24, 2.45) is 11.7 Å².